The van der Waals surface area contributed by atoms with Crippen LogP contribution in [0, 0.1) is 13.8 Å². The third-order valence-corrected chi connectivity index (χ3v) is 3.35. The molecule has 0 aliphatic carbocycles. The van der Waals surface area contributed by atoms with Crippen LogP contribution in [-0.4, -0.2) is 10.5 Å². The van der Waals surface area contributed by atoms with Gasteiger partial charge in [0.2, 0.25) is 0 Å². The van der Waals surface area contributed by atoms with E-state index >= 15 is 0 Å². The number of halogens is 1. The summed E-state index contributed by atoms with van der Waals surface area (Å²) in [5, 5.41) is 3.06. The highest BCUT2D eigenvalue weighted by Crippen LogP contribution is 2.13. The van der Waals surface area contributed by atoms with Gasteiger partial charge in [0.15, 0.2) is 5.96 Å². The van der Waals surface area contributed by atoms with E-state index in [2.05, 4.69) is 16.4 Å². The van der Waals surface area contributed by atoms with Gasteiger partial charge in [-0.2, -0.15) is 0 Å². The first kappa shape index (κ1) is 19.2. The quantitative estimate of drug-likeness (QED) is 0.449. The van der Waals surface area contributed by atoms with Crippen LogP contribution in [0.25, 0.3) is 0 Å². The molecule has 0 spiro atoms. The Kier molecular flexibility index (Phi) is 7.28. The Hall–Kier alpha value is -1.83. The summed E-state index contributed by atoms with van der Waals surface area (Å²) < 4.78 is 1.65. The van der Waals surface area contributed by atoms with Gasteiger partial charge in [0.25, 0.3) is 5.56 Å². The highest BCUT2D eigenvalue weighted by molar-refractivity contribution is 14.0. The number of rotatable bonds is 4. The maximum absolute atomic E-state index is 12.1. The molecule has 0 atom stereocenters. The van der Waals surface area contributed by atoms with Crippen LogP contribution in [0.2, 0.25) is 0 Å². The second kappa shape index (κ2) is 8.71. The van der Waals surface area contributed by atoms with Gasteiger partial charge in [0.05, 0.1) is 6.54 Å². The van der Waals surface area contributed by atoms with E-state index < -0.39 is 0 Å². The van der Waals surface area contributed by atoms with Gasteiger partial charge in [-0.25, -0.2) is 4.99 Å². The zero-order chi connectivity index (χ0) is 16.1. The molecule has 124 valence electrons. The molecule has 0 saturated heterocycles. The number of nitrogens with two attached hydrogens (primary N) is 1. The third kappa shape index (κ3) is 5.38. The molecule has 0 unspecified atom stereocenters. The normalized spacial score (nSPS) is 11.0. The number of aromatic nitrogens is 1. The van der Waals surface area contributed by atoms with E-state index in [1.165, 1.54) is 0 Å². The number of nitrogens with one attached hydrogen (secondary N) is 1. The maximum Gasteiger partial charge on any atom is 0.255 e. The largest absolute Gasteiger partial charge is 0.370 e. The summed E-state index contributed by atoms with van der Waals surface area (Å²) in [6.07, 6.45) is 1.77. The summed E-state index contributed by atoms with van der Waals surface area (Å²) in [5.74, 6) is 0.302. The van der Waals surface area contributed by atoms with Gasteiger partial charge in [0.1, 0.15) is 0 Å². The number of anilines is 1. The highest BCUT2D eigenvalue weighted by atomic mass is 127. The Bertz CT molecular complexity index is 732. The van der Waals surface area contributed by atoms with Crippen molar-refractivity contribution in [1.82, 2.24) is 4.57 Å². The fourth-order valence-corrected chi connectivity index (χ4v) is 2.36. The van der Waals surface area contributed by atoms with Crippen LogP contribution in [0.5, 0.6) is 0 Å². The molecule has 0 saturated carbocycles. The molecule has 0 amide bonds. The molecule has 2 aromatic rings. The number of hydrogen-bond donors (Lipinski definition) is 2. The molecule has 0 aliphatic heterocycles. The van der Waals surface area contributed by atoms with Gasteiger partial charge < -0.3 is 15.6 Å². The van der Waals surface area contributed by atoms with E-state index in [4.69, 9.17) is 5.73 Å². The molecule has 0 radical (unpaired) electrons. The van der Waals surface area contributed by atoms with Crippen LogP contribution in [-0.2, 0) is 13.1 Å². The van der Waals surface area contributed by atoms with E-state index in [1.807, 2.05) is 39.0 Å². The predicted molar refractivity (Wildman–Crippen MR) is 107 cm³/mol. The third-order valence-electron chi connectivity index (χ3n) is 3.35. The lowest BCUT2D eigenvalue weighted by atomic mass is 10.1. The Morgan fingerprint density at radius 1 is 1.26 bits per heavy atom. The Morgan fingerprint density at radius 2 is 1.91 bits per heavy atom. The molecule has 0 fully saturated rings. The summed E-state index contributed by atoms with van der Waals surface area (Å²) in [6, 6.07) is 9.73. The smallest absolute Gasteiger partial charge is 0.255 e. The van der Waals surface area contributed by atoms with Crippen molar-refractivity contribution in [1.29, 1.82) is 0 Å². The molecular weight excluding hydrogens is 403 g/mol. The number of hydrogen-bond acceptors (Lipinski definition) is 2. The average molecular weight is 426 g/mol. The molecule has 6 heteroatoms. The SMILES string of the molecule is CCn1cccc(CN=C(N)Nc2cc(C)cc(C)c2)c1=O.I. The van der Waals surface area contributed by atoms with Crippen molar-refractivity contribution >= 4 is 35.6 Å². The average Bonchev–Trinajstić information content (AvgIpc) is 2.45. The molecule has 0 bridgehead atoms. The van der Waals surface area contributed by atoms with E-state index in [1.54, 1.807) is 16.8 Å². The molecule has 3 N–H and O–H groups in total. The van der Waals surface area contributed by atoms with Gasteiger partial charge in [-0.3, -0.25) is 4.79 Å². The van der Waals surface area contributed by atoms with E-state index in [0.717, 1.165) is 16.8 Å². The van der Waals surface area contributed by atoms with Crippen molar-refractivity contribution in [3.8, 4) is 0 Å². The minimum atomic E-state index is -0.0204. The van der Waals surface area contributed by atoms with Crippen molar-refractivity contribution in [2.45, 2.75) is 33.9 Å². The summed E-state index contributed by atoms with van der Waals surface area (Å²) in [6.45, 7) is 6.91. The molecule has 23 heavy (non-hydrogen) atoms. The first-order valence-corrected chi connectivity index (χ1v) is 7.33. The second-order valence-corrected chi connectivity index (χ2v) is 5.33. The predicted octanol–water partition coefficient (Wildman–Crippen LogP) is 3.03. The fraction of sp³-hybridized carbons (Fsp3) is 0.294. The molecule has 2 rings (SSSR count). The lowest BCUT2D eigenvalue weighted by Gasteiger charge is -2.08. The molecule has 0 aliphatic rings. The van der Waals surface area contributed by atoms with E-state index in [9.17, 15) is 4.79 Å². The number of aryl methyl sites for hydroxylation is 3. The molecule has 5 nitrogen and oxygen atoms in total. The molecule has 1 heterocycles. The number of guanidine groups is 1. The van der Waals surface area contributed by atoms with Gasteiger partial charge >= 0.3 is 0 Å². The number of pyridine rings is 1. The first-order chi connectivity index (χ1) is 10.5. The Balaban J connectivity index is 0.00000264. The van der Waals surface area contributed by atoms with Crippen LogP contribution in [0.15, 0.2) is 46.3 Å². The van der Waals surface area contributed by atoms with Crippen LogP contribution in [0.3, 0.4) is 0 Å². The molecule has 1 aromatic carbocycles. The standard InChI is InChI=1S/C17H22N4O.HI/c1-4-21-7-5-6-14(16(21)22)11-19-17(18)20-15-9-12(2)8-13(3)10-15;/h5-10H,4,11H2,1-3H3,(H3,18,19,20);1H. The number of nitrogens with zero attached hydrogens (tertiary/aromatic N) is 2. The van der Waals surface area contributed by atoms with Crippen molar-refractivity contribution in [2.24, 2.45) is 10.7 Å². The summed E-state index contributed by atoms with van der Waals surface area (Å²) in [5.41, 5.74) is 9.73. The van der Waals surface area contributed by atoms with Crippen molar-refractivity contribution in [2.75, 3.05) is 5.32 Å². The van der Waals surface area contributed by atoms with Gasteiger partial charge in [-0.05, 0) is 50.1 Å². The van der Waals surface area contributed by atoms with Crippen LogP contribution < -0.4 is 16.6 Å². The summed E-state index contributed by atoms with van der Waals surface area (Å²) >= 11 is 0. The van der Waals surface area contributed by atoms with Crippen LogP contribution >= 0.6 is 24.0 Å². The first-order valence-electron chi connectivity index (χ1n) is 7.33. The van der Waals surface area contributed by atoms with E-state index in [-0.39, 0.29) is 36.1 Å². The van der Waals surface area contributed by atoms with Gasteiger partial charge in [-0.1, -0.05) is 12.1 Å². The minimum absolute atomic E-state index is 0. The van der Waals surface area contributed by atoms with Crippen LogP contribution in [0.1, 0.15) is 23.6 Å². The second-order valence-electron chi connectivity index (χ2n) is 5.33. The van der Waals surface area contributed by atoms with Gasteiger partial charge in [-0.15, -0.1) is 24.0 Å². The lowest BCUT2D eigenvalue weighted by Crippen LogP contribution is -2.25. The molecule has 1 aromatic heterocycles. The van der Waals surface area contributed by atoms with Crippen LogP contribution in [0.4, 0.5) is 5.69 Å². The zero-order valence-electron chi connectivity index (χ0n) is 13.7. The fourth-order valence-electron chi connectivity index (χ4n) is 2.36. The highest BCUT2D eigenvalue weighted by Gasteiger charge is 2.02. The maximum atomic E-state index is 12.1. The number of aliphatic imine (C=N–C) groups is 1. The van der Waals surface area contributed by atoms with Gasteiger partial charge in [0, 0.05) is 24.0 Å². The summed E-state index contributed by atoms with van der Waals surface area (Å²) in [7, 11) is 0. The zero-order valence-corrected chi connectivity index (χ0v) is 16.0. The minimum Gasteiger partial charge on any atom is -0.370 e. The monoisotopic (exact) mass is 426 g/mol. The summed E-state index contributed by atoms with van der Waals surface area (Å²) in [4.78, 5) is 16.3. The topological polar surface area (TPSA) is 72.4 Å². The van der Waals surface area contributed by atoms with Crippen molar-refractivity contribution < 1.29 is 0 Å². The Labute approximate surface area is 153 Å². The Morgan fingerprint density at radius 3 is 2.52 bits per heavy atom. The van der Waals surface area contributed by atoms with Crippen molar-refractivity contribution in [3.05, 3.63) is 63.6 Å². The molecular formula is C17H23IN4O. The van der Waals surface area contributed by atoms with Crippen molar-refractivity contribution in [3.63, 3.8) is 0 Å². The lowest BCUT2D eigenvalue weighted by molar-refractivity contribution is 0.714. The van der Waals surface area contributed by atoms with E-state index in [0.29, 0.717) is 18.1 Å². The number of benzene rings is 1.